The Bertz CT molecular complexity index is 821. The van der Waals surface area contributed by atoms with Crippen LogP contribution in [0.3, 0.4) is 0 Å². The second-order valence-corrected chi connectivity index (χ2v) is 6.72. The number of β-amino-alcohol motifs (C(OH)–C–C–N with tert-alkyl or cyclic N) is 1. The smallest absolute Gasteiger partial charge is 0.257 e. The Morgan fingerprint density at radius 2 is 2.08 bits per heavy atom. The van der Waals surface area contributed by atoms with Gasteiger partial charge < -0.3 is 10.0 Å². The molecule has 2 atom stereocenters. The van der Waals surface area contributed by atoms with E-state index in [9.17, 15) is 18.7 Å². The van der Waals surface area contributed by atoms with Gasteiger partial charge in [0.15, 0.2) is 11.6 Å². The first kappa shape index (κ1) is 16.2. The number of hydrogen-bond donors (Lipinski definition) is 1. The second kappa shape index (κ2) is 6.22. The molecule has 2 aromatic rings. The van der Waals surface area contributed by atoms with Crippen LogP contribution in [-0.4, -0.2) is 38.3 Å². The zero-order chi connectivity index (χ0) is 17.6. The van der Waals surface area contributed by atoms with Gasteiger partial charge in [0.2, 0.25) is 0 Å². The maximum atomic E-state index is 13.6. The van der Waals surface area contributed by atoms with Gasteiger partial charge in [0, 0.05) is 13.1 Å². The van der Waals surface area contributed by atoms with Crippen LogP contribution in [0.15, 0.2) is 24.4 Å². The summed E-state index contributed by atoms with van der Waals surface area (Å²) < 4.78 is 28.7. The molecule has 1 aromatic carbocycles. The predicted octanol–water partition coefficient (Wildman–Crippen LogP) is 2.45. The third kappa shape index (κ3) is 2.82. The average Bonchev–Trinajstić information content (AvgIpc) is 3.20. The lowest BCUT2D eigenvalue weighted by atomic mass is 10.0. The molecule has 2 aliphatic heterocycles. The van der Waals surface area contributed by atoms with Gasteiger partial charge in [0.1, 0.15) is 0 Å². The minimum atomic E-state index is -0.950. The minimum absolute atomic E-state index is 0.174. The minimum Gasteiger partial charge on any atom is -0.391 e. The highest BCUT2D eigenvalue weighted by Crippen LogP contribution is 2.34. The average molecular weight is 347 g/mol. The number of rotatable bonds is 2. The summed E-state index contributed by atoms with van der Waals surface area (Å²) in [6, 6.07) is 3.15. The number of aliphatic hydroxyl groups is 1. The van der Waals surface area contributed by atoms with Crippen LogP contribution in [-0.2, 0) is 13.0 Å². The third-order valence-electron chi connectivity index (χ3n) is 5.08. The molecule has 132 valence electrons. The van der Waals surface area contributed by atoms with Crippen molar-refractivity contribution in [2.75, 3.05) is 6.54 Å². The Balaban J connectivity index is 1.66. The van der Waals surface area contributed by atoms with Gasteiger partial charge in [-0.25, -0.2) is 8.78 Å². The van der Waals surface area contributed by atoms with E-state index in [4.69, 9.17) is 0 Å². The van der Waals surface area contributed by atoms with E-state index in [1.165, 1.54) is 6.07 Å². The van der Waals surface area contributed by atoms with Crippen molar-refractivity contribution in [1.82, 2.24) is 14.7 Å². The summed E-state index contributed by atoms with van der Waals surface area (Å²) >= 11 is 0. The van der Waals surface area contributed by atoms with Crippen molar-refractivity contribution in [2.45, 2.75) is 44.4 Å². The lowest BCUT2D eigenvalue weighted by Gasteiger charge is -2.25. The first-order valence-corrected chi connectivity index (χ1v) is 8.53. The Morgan fingerprint density at radius 3 is 2.88 bits per heavy atom. The van der Waals surface area contributed by atoms with Crippen LogP contribution in [0.4, 0.5) is 8.78 Å². The Labute approximate surface area is 143 Å². The van der Waals surface area contributed by atoms with Gasteiger partial charge in [0.25, 0.3) is 5.91 Å². The van der Waals surface area contributed by atoms with E-state index in [-0.39, 0.29) is 12.5 Å². The number of fused-ring (bicyclic) bond motifs is 1. The first-order valence-electron chi connectivity index (χ1n) is 8.53. The second-order valence-electron chi connectivity index (χ2n) is 6.72. The molecule has 0 radical (unpaired) electrons. The summed E-state index contributed by atoms with van der Waals surface area (Å²) in [5.41, 5.74) is 1.95. The third-order valence-corrected chi connectivity index (χ3v) is 5.08. The van der Waals surface area contributed by atoms with Crippen LogP contribution in [0.5, 0.6) is 0 Å². The van der Waals surface area contributed by atoms with Crippen molar-refractivity contribution in [3.63, 3.8) is 0 Å². The summed E-state index contributed by atoms with van der Waals surface area (Å²) in [5, 5.41) is 14.3. The quantitative estimate of drug-likeness (QED) is 0.908. The van der Waals surface area contributed by atoms with Crippen molar-refractivity contribution < 1.29 is 18.7 Å². The summed E-state index contributed by atoms with van der Waals surface area (Å²) in [6.45, 7) is 0.977. The highest BCUT2D eigenvalue weighted by atomic mass is 19.2. The van der Waals surface area contributed by atoms with Crippen LogP contribution in [0.25, 0.3) is 0 Å². The SMILES string of the molecule is O=C(c1cnn2c1CCCC2)N1C[C@H](O)C[C@@H]1c1ccc(F)c(F)c1. The number of benzene rings is 1. The van der Waals surface area contributed by atoms with Crippen LogP contribution >= 0.6 is 0 Å². The van der Waals surface area contributed by atoms with Gasteiger partial charge >= 0.3 is 0 Å². The van der Waals surface area contributed by atoms with Crippen LogP contribution < -0.4 is 0 Å². The standard InChI is InChI=1S/C18H19F2N3O2/c19-14-5-4-11(7-15(14)20)17-8-12(24)10-22(17)18(25)13-9-21-23-6-2-1-3-16(13)23/h4-5,7,9,12,17,24H,1-3,6,8,10H2/t12-,17-/m1/s1. The molecule has 0 spiro atoms. The molecule has 2 aliphatic rings. The maximum absolute atomic E-state index is 13.6. The van der Waals surface area contributed by atoms with Crippen LogP contribution in [0.1, 0.15) is 46.9 Å². The van der Waals surface area contributed by atoms with E-state index in [0.29, 0.717) is 17.5 Å². The van der Waals surface area contributed by atoms with Crippen molar-refractivity contribution in [3.05, 3.63) is 52.9 Å². The number of carbonyl (C=O) groups excluding carboxylic acids is 1. The van der Waals surface area contributed by atoms with Crippen molar-refractivity contribution >= 4 is 5.91 Å². The number of likely N-dealkylation sites (tertiary alicyclic amines) is 1. The summed E-state index contributed by atoms with van der Waals surface area (Å²) in [5.74, 6) is -2.09. The van der Waals surface area contributed by atoms with Gasteiger partial charge in [0.05, 0.1) is 29.6 Å². The fourth-order valence-corrected chi connectivity index (χ4v) is 3.83. The molecule has 4 rings (SSSR count). The highest BCUT2D eigenvalue weighted by molar-refractivity contribution is 5.95. The Kier molecular flexibility index (Phi) is 4.03. The fraction of sp³-hybridized carbons (Fsp3) is 0.444. The predicted molar refractivity (Wildman–Crippen MR) is 85.9 cm³/mol. The zero-order valence-electron chi connectivity index (χ0n) is 13.7. The fourth-order valence-electron chi connectivity index (χ4n) is 3.83. The molecule has 1 fully saturated rings. The van der Waals surface area contributed by atoms with Gasteiger partial charge in [-0.05, 0) is 43.4 Å². The first-order chi connectivity index (χ1) is 12.0. The van der Waals surface area contributed by atoms with E-state index < -0.39 is 23.8 Å². The molecule has 1 aromatic heterocycles. The molecule has 0 aliphatic carbocycles. The van der Waals surface area contributed by atoms with E-state index >= 15 is 0 Å². The van der Waals surface area contributed by atoms with Crippen molar-refractivity contribution in [3.8, 4) is 0 Å². The molecule has 7 heteroatoms. The van der Waals surface area contributed by atoms with E-state index in [2.05, 4.69) is 5.10 Å². The summed E-state index contributed by atoms with van der Waals surface area (Å²) in [6.07, 6.45) is 4.06. The lowest BCUT2D eigenvalue weighted by molar-refractivity contribution is 0.0714. The molecule has 5 nitrogen and oxygen atoms in total. The number of amides is 1. The molecule has 0 unspecified atom stereocenters. The highest BCUT2D eigenvalue weighted by Gasteiger charge is 2.37. The normalized spacial score (nSPS) is 22.9. The van der Waals surface area contributed by atoms with E-state index in [0.717, 1.165) is 43.6 Å². The molecule has 1 amide bonds. The maximum Gasteiger partial charge on any atom is 0.257 e. The molecule has 25 heavy (non-hydrogen) atoms. The summed E-state index contributed by atoms with van der Waals surface area (Å²) in [4.78, 5) is 14.6. The molecular formula is C18H19F2N3O2. The molecule has 0 bridgehead atoms. The van der Waals surface area contributed by atoms with Gasteiger partial charge in [-0.15, -0.1) is 0 Å². The summed E-state index contributed by atoms with van der Waals surface area (Å²) in [7, 11) is 0. The van der Waals surface area contributed by atoms with E-state index in [1.54, 1.807) is 11.1 Å². The number of halogens is 2. The molecular weight excluding hydrogens is 328 g/mol. The molecule has 3 heterocycles. The topological polar surface area (TPSA) is 58.4 Å². The zero-order valence-corrected chi connectivity index (χ0v) is 13.7. The number of hydrogen-bond acceptors (Lipinski definition) is 3. The number of aliphatic hydroxyl groups excluding tert-OH is 1. The van der Waals surface area contributed by atoms with Crippen LogP contribution in [0, 0.1) is 11.6 Å². The number of aromatic nitrogens is 2. The number of aryl methyl sites for hydroxylation is 1. The van der Waals surface area contributed by atoms with Gasteiger partial charge in [-0.1, -0.05) is 6.07 Å². The Morgan fingerprint density at radius 1 is 1.24 bits per heavy atom. The Hall–Kier alpha value is -2.28. The van der Waals surface area contributed by atoms with Crippen molar-refractivity contribution in [2.24, 2.45) is 0 Å². The molecule has 1 N–H and O–H groups in total. The van der Waals surface area contributed by atoms with Gasteiger partial charge in [-0.2, -0.15) is 5.10 Å². The van der Waals surface area contributed by atoms with Crippen molar-refractivity contribution in [1.29, 1.82) is 0 Å². The number of carbonyl (C=O) groups is 1. The van der Waals surface area contributed by atoms with Crippen LogP contribution in [0.2, 0.25) is 0 Å². The van der Waals surface area contributed by atoms with Gasteiger partial charge in [-0.3, -0.25) is 9.48 Å². The van der Waals surface area contributed by atoms with E-state index in [1.807, 2.05) is 4.68 Å². The molecule has 1 saturated heterocycles. The monoisotopic (exact) mass is 347 g/mol. The lowest BCUT2D eigenvalue weighted by Crippen LogP contribution is -2.32. The number of nitrogens with zero attached hydrogens (tertiary/aromatic N) is 3. The molecule has 0 saturated carbocycles. The largest absolute Gasteiger partial charge is 0.391 e.